The van der Waals surface area contributed by atoms with Crippen LogP contribution in [0.2, 0.25) is 0 Å². The highest BCUT2D eigenvalue weighted by molar-refractivity contribution is 9.10. The van der Waals surface area contributed by atoms with Crippen molar-refractivity contribution in [1.82, 2.24) is 10.2 Å². The van der Waals surface area contributed by atoms with Gasteiger partial charge in [0.25, 0.3) is 5.91 Å². The molecule has 1 saturated heterocycles. The van der Waals surface area contributed by atoms with Crippen molar-refractivity contribution in [2.75, 3.05) is 27.2 Å². The Bertz CT molecular complexity index is 470. The van der Waals surface area contributed by atoms with Crippen molar-refractivity contribution >= 4 is 34.2 Å². The standard InChI is InChI=1S/C14H19BrN2O2.ClH/c1-16-9-10-4-3-7-17(10)14(18)12-8-11(19-2)5-6-13(12)15;/h5-6,8,10,16H,3-4,7,9H2,1-2H3;1H. The van der Waals surface area contributed by atoms with Gasteiger partial charge in [-0.25, -0.2) is 0 Å². The Morgan fingerprint density at radius 1 is 1.55 bits per heavy atom. The molecule has 1 aromatic carbocycles. The number of methoxy groups -OCH3 is 1. The lowest BCUT2D eigenvalue weighted by atomic mass is 10.1. The number of carbonyl (C=O) groups excluding carboxylic acids is 1. The molecule has 6 heteroatoms. The first-order valence-electron chi connectivity index (χ1n) is 6.46. The zero-order chi connectivity index (χ0) is 13.8. The first kappa shape index (κ1) is 17.3. The first-order chi connectivity index (χ1) is 9.17. The quantitative estimate of drug-likeness (QED) is 0.894. The van der Waals surface area contributed by atoms with E-state index in [9.17, 15) is 4.79 Å². The zero-order valence-corrected chi connectivity index (χ0v) is 14.1. The fraction of sp³-hybridized carbons (Fsp3) is 0.500. The van der Waals surface area contributed by atoms with Crippen LogP contribution in [0.25, 0.3) is 0 Å². The number of rotatable bonds is 4. The van der Waals surface area contributed by atoms with Gasteiger partial charge >= 0.3 is 0 Å². The Kier molecular flexibility index (Phi) is 6.79. The summed E-state index contributed by atoms with van der Waals surface area (Å²) in [4.78, 5) is 14.6. The summed E-state index contributed by atoms with van der Waals surface area (Å²) < 4.78 is 6.01. The van der Waals surface area contributed by atoms with Gasteiger partial charge in [0, 0.05) is 23.6 Å². The third kappa shape index (κ3) is 3.65. The van der Waals surface area contributed by atoms with Crippen LogP contribution < -0.4 is 10.1 Å². The van der Waals surface area contributed by atoms with Crippen LogP contribution >= 0.6 is 28.3 Å². The number of hydrogen-bond acceptors (Lipinski definition) is 3. The molecular weight excluding hydrogens is 344 g/mol. The molecule has 1 aliphatic rings. The molecule has 4 nitrogen and oxygen atoms in total. The van der Waals surface area contributed by atoms with Crippen LogP contribution in [0.4, 0.5) is 0 Å². The number of ether oxygens (including phenoxy) is 1. The van der Waals surface area contributed by atoms with E-state index >= 15 is 0 Å². The second kappa shape index (κ2) is 7.86. The third-order valence-electron chi connectivity index (χ3n) is 3.48. The van der Waals surface area contributed by atoms with Gasteiger partial charge in [-0.3, -0.25) is 4.79 Å². The molecule has 0 bridgehead atoms. The lowest BCUT2D eigenvalue weighted by Gasteiger charge is -2.25. The third-order valence-corrected chi connectivity index (χ3v) is 4.17. The number of benzene rings is 1. The summed E-state index contributed by atoms with van der Waals surface area (Å²) in [7, 11) is 3.53. The van der Waals surface area contributed by atoms with E-state index in [1.165, 1.54) is 0 Å². The van der Waals surface area contributed by atoms with Gasteiger partial charge in [0.15, 0.2) is 0 Å². The highest BCUT2D eigenvalue weighted by atomic mass is 79.9. The largest absolute Gasteiger partial charge is 0.497 e. The molecule has 0 saturated carbocycles. The number of likely N-dealkylation sites (tertiary alicyclic amines) is 1. The van der Waals surface area contributed by atoms with E-state index in [0.717, 1.165) is 30.4 Å². The monoisotopic (exact) mass is 362 g/mol. The van der Waals surface area contributed by atoms with Gasteiger partial charge < -0.3 is 15.0 Å². The molecule has 1 fully saturated rings. The molecule has 1 aromatic rings. The average molecular weight is 364 g/mol. The summed E-state index contributed by atoms with van der Waals surface area (Å²) in [5.74, 6) is 0.777. The molecule has 0 spiro atoms. The molecule has 112 valence electrons. The van der Waals surface area contributed by atoms with Gasteiger partial charge in [0.1, 0.15) is 5.75 Å². The summed E-state index contributed by atoms with van der Waals surface area (Å²) in [5.41, 5.74) is 0.669. The predicted molar refractivity (Wildman–Crippen MR) is 85.9 cm³/mol. The Hall–Kier alpha value is -0.780. The Balaban J connectivity index is 0.00000200. The van der Waals surface area contributed by atoms with E-state index in [-0.39, 0.29) is 24.4 Å². The normalized spacial score (nSPS) is 17.8. The van der Waals surface area contributed by atoms with Crippen LogP contribution in [0.5, 0.6) is 5.75 Å². The number of halogens is 2. The van der Waals surface area contributed by atoms with Crippen LogP contribution in [-0.2, 0) is 0 Å². The van der Waals surface area contributed by atoms with Crippen LogP contribution in [0.15, 0.2) is 22.7 Å². The molecule has 0 aromatic heterocycles. The Morgan fingerprint density at radius 2 is 2.30 bits per heavy atom. The maximum atomic E-state index is 12.6. The topological polar surface area (TPSA) is 41.6 Å². The van der Waals surface area contributed by atoms with Gasteiger partial charge in [0.2, 0.25) is 0 Å². The van der Waals surface area contributed by atoms with Crippen molar-refractivity contribution < 1.29 is 9.53 Å². The summed E-state index contributed by atoms with van der Waals surface area (Å²) in [6.07, 6.45) is 2.13. The van der Waals surface area contributed by atoms with Gasteiger partial charge in [-0.15, -0.1) is 12.4 Å². The van der Waals surface area contributed by atoms with E-state index in [4.69, 9.17) is 4.74 Å². The fourth-order valence-corrected chi connectivity index (χ4v) is 2.92. The zero-order valence-electron chi connectivity index (χ0n) is 11.7. The SMILES string of the molecule is CNCC1CCCN1C(=O)c1cc(OC)ccc1Br.Cl. The van der Waals surface area contributed by atoms with Crippen molar-refractivity contribution in [3.63, 3.8) is 0 Å². The Morgan fingerprint density at radius 3 is 2.95 bits per heavy atom. The summed E-state index contributed by atoms with van der Waals surface area (Å²) in [6.45, 7) is 1.67. The average Bonchev–Trinajstić information content (AvgIpc) is 2.87. The number of carbonyl (C=O) groups is 1. The Labute approximate surface area is 134 Å². The van der Waals surface area contributed by atoms with Crippen molar-refractivity contribution in [1.29, 1.82) is 0 Å². The highest BCUT2D eigenvalue weighted by Gasteiger charge is 2.29. The molecule has 20 heavy (non-hydrogen) atoms. The lowest BCUT2D eigenvalue weighted by Crippen LogP contribution is -2.40. The van der Waals surface area contributed by atoms with Gasteiger partial charge in [-0.05, 0) is 54.0 Å². The number of nitrogens with zero attached hydrogens (tertiary/aromatic N) is 1. The number of likely N-dealkylation sites (N-methyl/N-ethyl adjacent to an activating group) is 1. The van der Waals surface area contributed by atoms with E-state index in [2.05, 4.69) is 21.2 Å². The molecule has 1 aliphatic heterocycles. The predicted octanol–water partition coefficient (Wildman–Crippen LogP) is 2.70. The van der Waals surface area contributed by atoms with E-state index in [1.54, 1.807) is 13.2 Å². The molecule has 1 unspecified atom stereocenters. The van der Waals surface area contributed by atoms with E-state index in [0.29, 0.717) is 11.3 Å². The summed E-state index contributed by atoms with van der Waals surface area (Å²) in [5, 5.41) is 3.15. The smallest absolute Gasteiger partial charge is 0.255 e. The second-order valence-electron chi connectivity index (χ2n) is 4.70. The second-order valence-corrected chi connectivity index (χ2v) is 5.55. The van der Waals surface area contributed by atoms with Crippen molar-refractivity contribution in [3.05, 3.63) is 28.2 Å². The van der Waals surface area contributed by atoms with Crippen LogP contribution in [-0.4, -0.2) is 44.1 Å². The van der Waals surface area contributed by atoms with Crippen molar-refractivity contribution in [2.45, 2.75) is 18.9 Å². The van der Waals surface area contributed by atoms with E-state index < -0.39 is 0 Å². The highest BCUT2D eigenvalue weighted by Crippen LogP contribution is 2.27. The molecule has 1 N–H and O–H groups in total. The summed E-state index contributed by atoms with van der Waals surface area (Å²) >= 11 is 3.45. The number of nitrogens with one attached hydrogen (secondary N) is 1. The van der Waals surface area contributed by atoms with Crippen LogP contribution in [0.3, 0.4) is 0 Å². The van der Waals surface area contributed by atoms with Gasteiger partial charge in [-0.1, -0.05) is 0 Å². The number of hydrogen-bond donors (Lipinski definition) is 1. The maximum absolute atomic E-state index is 12.6. The fourth-order valence-electron chi connectivity index (χ4n) is 2.50. The molecule has 0 radical (unpaired) electrons. The van der Waals surface area contributed by atoms with Gasteiger partial charge in [-0.2, -0.15) is 0 Å². The first-order valence-corrected chi connectivity index (χ1v) is 7.25. The molecular formula is C14H20BrClN2O2. The number of amides is 1. The minimum Gasteiger partial charge on any atom is -0.497 e. The molecule has 2 rings (SSSR count). The molecule has 1 atom stereocenters. The minimum absolute atomic E-state index is 0. The minimum atomic E-state index is 0. The van der Waals surface area contributed by atoms with Crippen molar-refractivity contribution in [2.24, 2.45) is 0 Å². The maximum Gasteiger partial charge on any atom is 0.255 e. The summed E-state index contributed by atoms with van der Waals surface area (Å²) in [6, 6.07) is 5.78. The van der Waals surface area contributed by atoms with Gasteiger partial charge in [0.05, 0.1) is 12.7 Å². The van der Waals surface area contributed by atoms with Crippen LogP contribution in [0, 0.1) is 0 Å². The molecule has 1 amide bonds. The molecule has 1 heterocycles. The van der Waals surface area contributed by atoms with E-state index in [1.807, 2.05) is 24.1 Å². The molecule has 0 aliphatic carbocycles. The lowest BCUT2D eigenvalue weighted by molar-refractivity contribution is 0.0735. The van der Waals surface area contributed by atoms with Crippen molar-refractivity contribution in [3.8, 4) is 5.75 Å². The van der Waals surface area contributed by atoms with Crippen LogP contribution in [0.1, 0.15) is 23.2 Å².